The summed E-state index contributed by atoms with van der Waals surface area (Å²) in [6, 6.07) is 8.59. The van der Waals surface area contributed by atoms with Crippen LogP contribution in [0.25, 0.3) is 0 Å². The topological polar surface area (TPSA) is 29.3 Å². The Kier molecular flexibility index (Phi) is 3.32. The van der Waals surface area contributed by atoms with Crippen LogP contribution in [0.3, 0.4) is 0 Å². The predicted molar refractivity (Wildman–Crippen MR) is 57.7 cm³/mol. The van der Waals surface area contributed by atoms with E-state index < -0.39 is 0 Å². The molecule has 0 saturated carbocycles. The molecular weight excluding hydrogens is 160 g/mol. The van der Waals surface area contributed by atoms with Crippen LogP contribution >= 0.6 is 0 Å². The fraction of sp³-hybridized carbons (Fsp3) is 0.455. The maximum absolute atomic E-state index is 5.85. The molecule has 0 saturated heterocycles. The van der Waals surface area contributed by atoms with Gasteiger partial charge < -0.3 is 10.6 Å². The number of rotatable bonds is 3. The molecule has 13 heavy (non-hydrogen) atoms. The standard InChI is InChI=1S/C11H18N2/c1-9(13(2)3)8-10-6-4-5-7-11(10)12/h4-7,9H,8,12H2,1-3H3. The molecule has 1 rings (SSSR count). The van der Waals surface area contributed by atoms with Crippen molar-refractivity contribution in [1.82, 2.24) is 4.90 Å². The van der Waals surface area contributed by atoms with Crippen molar-refractivity contribution in [2.45, 2.75) is 19.4 Å². The van der Waals surface area contributed by atoms with Crippen LogP contribution in [0, 0.1) is 0 Å². The molecule has 2 N–H and O–H groups in total. The van der Waals surface area contributed by atoms with Crippen LogP contribution in [0.15, 0.2) is 24.3 Å². The highest BCUT2D eigenvalue weighted by Crippen LogP contribution is 2.13. The summed E-state index contributed by atoms with van der Waals surface area (Å²) in [5.74, 6) is 0. The number of nitrogens with zero attached hydrogens (tertiary/aromatic N) is 1. The summed E-state index contributed by atoms with van der Waals surface area (Å²) in [7, 11) is 4.17. The zero-order valence-electron chi connectivity index (χ0n) is 8.62. The zero-order chi connectivity index (χ0) is 9.84. The predicted octanol–water partition coefficient (Wildman–Crippen LogP) is 1.76. The third-order valence-corrected chi connectivity index (χ3v) is 2.45. The van der Waals surface area contributed by atoms with Crippen molar-refractivity contribution in [2.75, 3.05) is 19.8 Å². The molecule has 0 radical (unpaired) electrons. The average Bonchev–Trinajstić information content (AvgIpc) is 2.08. The summed E-state index contributed by atoms with van der Waals surface area (Å²) < 4.78 is 0. The molecule has 72 valence electrons. The Morgan fingerprint density at radius 1 is 1.31 bits per heavy atom. The van der Waals surface area contributed by atoms with Gasteiger partial charge in [-0.15, -0.1) is 0 Å². The van der Waals surface area contributed by atoms with Crippen LogP contribution < -0.4 is 5.73 Å². The molecule has 1 unspecified atom stereocenters. The van der Waals surface area contributed by atoms with Gasteiger partial charge in [0.25, 0.3) is 0 Å². The van der Waals surface area contributed by atoms with Crippen LogP contribution in [-0.4, -0.2) is 25.0 Å². The summed E-state index contributed by atoms with van der Waals surface area (Å²) >= 11 is 0. The van der Waals surface area contributed by atoms with Crippen molar-refractivity contribution in [2.24, 2.45) is 0 Å². The van der Waals surface area contributed by atoms with Crippen molar-refractivity contribution < 1.29 is 0 Å². The number of likely N-dealkylation sites (N-methyl/N-ethyl adjacent to an activating group) is 1. The van der Waals surface area contributed by atoms with E-state index in [0.717, 1.165) is 12.1 Å². The van der Waals surface area contributed by atoms with E-state index in [1.54, 1.807) is 0 Å². The van der Waals surface area contributed by atoms with E-state index in [-0.39, 0.29) is 0 Å². The summed E-state index contributed by atoms with van der Waals surface area (Å²) in [5.41, 5.74) is 7.99. The summed E-state index contributed by atoms with van der Waals surface area (Å²) in [6.07, 6.45) is 1.01. The minimum absolute atomic E-state index is 0.532. The van der Waals surface area contributed by atoms with E-state index in [1.165, 1.54) is 5.56 Å². The highest BCUT2D eigenvalue weighted by Gasteiger charge is 2.06. The molecule has 0 amide bonds. The first-order valence-electron chi connectivity index (χ1n) is 4.61. The van der Waals surface area contributed by atoms with Gasteiger partial charge in [0.1, 0.15) is 0 Å². The molecule has 0 aromatic heterocycles. The van der Waals surface area contributed by atoms with Crippen molar-refractivity contribution in [1.29, 1.82) is 0 Å². The van der Waals surface area contributed by atoms with Gasteiger partial charge in [-0.3, -0.25) is 0 Å². The quantitative estimate of drug-likeness (QED) is 0.715. The first kappa shape index (κ1) is 10.1. The Hall–Kier alpha value is -1.02. The van der Waals surface area contributed by atoms with Crippen molar-refractivity contribution in [3.05, 3.63) is 29.8 Å². The second-order valence-corrected chi connectivity index (χ2v) is 3.72. The number of benzene rings is 1. The molecule has 0 aliphatic rings. The first-order chi connectivity index (χ1) is 6.11. The lowest BCUT2D eigenvalue weighted by molar-refractivity contribution is 0.312. The number of hydrogen-bond donors (Lipinski definition) is 1. The minimum Gasteiger partial charge on any atom is -0.399 e. The number of anilines is 1. The van der Waals surface area contributed by atoms with Crippen LogP contribution in [0.4, 0.5) is 5.69 Å². The number of hydrogen-bond acceptors (Lipinski definition) is 2. The Balaban J connectivity index is 2.69. The molecule has 0 spiro atoms. The van der Waals surface area contributed by atoms with Gasteiger partial charge in [-0.05, 0) is 39.1 Å². The smallest absolute Gasteiger partial charge is 0.0347 e. The fourth-order valence-corrected chi connectivity index (χ4v) is 1.22. The van der Waals surface area contributed by atoms with Gasteiger partial charge in [0.15, 0.2) is 0 Å². The summed E-state index contributed by atoms with van der Waals surface area (Å²) in [5, 5.41) is 0. The minimum atomic E-state index is 0.532. The van der Waals surface area contributed by atoms with E-state index >= 15 is 0 Å². The van der Waals surface area contributed by atoms with E-state index in [4.69, 9.17) is 5.73 Å². The maximum Gasteiger partial charge on any atom is 0.0347 e. The van der Waals surface area contributed by atoms with Crippen LogP contribution in [0.2, 0.25) is 0 Å². The lowest BCUT2D eigenvalue weighted by Gasteiger charge is -2.20. The van der Waals surface area contributed by atoms with Gasteiger partial charge in [-0.25, -0.2) is 0 Å². The molecule has 1 aromatic carbocycles. The van der Waals surface area contributed by atoms with Crippen molar-refractivity contribution in [3.8, 4) is 0 Å². The van der Waals surface area contributed by atoms with Gasteiger partial charge in [-0.2, -0.15) is 0 Å². The van der Waals surface area contributed by atoms with Gasteiger partial charge in [0.05, 0.1) is 0 Å². The largest absolute Gasteiger partial charge is 0.399 e. The molecule has 2 heteroatoms. The van der Waals surface area contributed by atoms with Gasteiger partial charge >= 0.3 is 0 Å². The summed E-state index contributed by atoms with van der Waals surface area (Å²) in [6.45, 7) is 2.20. The second-order valence-electron chi connectivity index (χ2n) is 3.72. The normalized spacial score (nSPS) is 13.2. The third-order valence-electron chi connectivity index (χ3n) is 2.45. The number of para-hydroxylation sites is 1. The zero-order valence-corrected chi connectivity index (χ0v) is 8.62. The van der Waals surface area contributed by atoms with Gasteiger partial charge in [-0.1, -0.05) is 18.2 Å². The Morgan fingerprint density at radius 3 is 2.46 bits per heavy atom. The lowest BCUT2D eigenvalue weighted by Crippen LogP contribution is -2.26. The lowest BCUT2D eigenvalue weighted by atomic mass is 10.1. The Labute approximate surface area is 80.4 Å². The van der Waals surface area contributed by atoms with Crippen molar-refractivity contribution >= 4 is 5.69 Å². The van der Waals surface area contributed by atoms with Crippen molar-refractivity contribution in [3.63, 3.8) is 0 Å². The van der Waals surface area contributed by atoms with E-state index in [1.807, 2.05) is 18.2 Å². The Bertz CT molecular complexity index is 269. The van der Waals surface area contributed by atoms with Gasteiger partial charge in [0, 0.05) is 11.7 Å². The molecule has 0 aliphatic heterocycles. The highest BCUT2D eigenvalue weighted by molar-refractivity contribution is 5.46. The second kappa shape index (κ2) is 4.28. The molecule has 0 aliphatic carbocycles. The summed E-state index contributed by atoms with van der Waals surface area (Å²) in [4.78, 5) is 2.20. The average molecular weight is 178 g/mol. The molecule has 0 fully saturated rings. The van der Waals surface area contributed by atoms with Crippen LogP contribution in [0.5, 0.6) is 0 Å². The fourth-order valence-electron chi connectivity index (χ4n) is 1.22. The number of nitrogens with two attached hydrogens (primary N) is 1. The van der Waals surface area contributed by atoms with E-state index in [0.29, 0.717) is 6.04 Å². The van der Waals surface area contributed by atoms with E-state index in [2.05, 4.69) is 32.0 Å². The number of nitrogen functional groups attached to an aromatic ring is 1. The van der Waals surface area contributed by atoms with Crippen LogP contribution in [-0.2, 0) is 6.42 Å². The third kappa shape index (κ3) is 2.74. The molecule has 0 heterocycles. The SMILES string of the molecule is CC(Cc1ccccc1N)N(C)C. The molecule has 0 bridgehead atoms. The molecule has 1 atom stereocenters. The first-order valence-corrected chi connectivity index (χ1v) is 4.61. The molecule has 2 nitrogen and oxygen atoms in total. The monoisotopic (exact) mass is 178 g/mol. The highest BCUT2D eigenvalue weighted by atomic mass is 15.1. The molecular formula is C11H18N2. The van der Waals surface area contributed by atoms with Crippen LogP contribution in [0.1, 0.15) is 12.5 Å². The van der Waals surface area contributed by atoms with E-state index in [9.17, 15) is 0 Å². The molecule has 1 aromatic rings. The van der Waals surface area contributed by atoms with Gasteiger partial charge in [0.2, 0.25) is 0 Å². The Morgan fingerprint density at radius 2 is 1.92 bits per heavy atom. The maximum atomic E-state index is 5.85.